The van der Waals surface area contributed by atoms with Crippen LogP contribution in [0.15, 0.2) is 114 Å². The highest BCUT2D eigenvalue weighted by Gasteiger charge is 2.40. The molecule has 1 aromatic heterocycles. The van der Waals surface area contributed by atoms with Crippen molar-refractivity contribution < 1.29 is 27.5 Å². The zero-order valence-electron chi connectivity index (χ0n) is 24.5. The summed E-state index contributed by atoms with van der Waals surface area (Å²) in [6.07, 6.45) is 4.68. The summed E-state index contributed by atoms with van der Waals surface area (Å²) in [5.74, 6) is -2.21. The van der Waals surface area contributed by atoms with Crippen LogP contribution in [0.5, 0.6) is 0 Å². The third-order valence-electron chi connectivity index (χ3n) is 6.85. The molecule has 0 bridgehead atoms. The maximum Gasteiger partial charge on any atom is 0.337 e. The van der Waals surface area contributed by atoms with Gasteiger partial charge in [-0.25, -0.2) is 27.0 Å². The van der Waals surface area contributed by atoms with Crippen molar-refractivity contribution in [3.63, 3.8) is 0 Å². The van der Waals surface area contributed by atoms with E-state index < -0.39 is 27.9 Å². The first-order valence-corrected chi connectivity index (χ1v) is 14.9. The zero-order valence-corrected chi connectivity index (χ0v) is 25.3. The first kappa shape index (κ1) is 31.2. The number of sulfonamides is 1. The Balaban J connectivity index is 1.99. The molecule has 0 fully saturated rings. The topological polar surface area (TPSA) is 120 Å². The molecule has 4 rings (SSSR count). The average Bonchev–Trinajstić information content (AvgIpc) is 3.44. The predicted molar refractivity (Wildman–Crippen MR) is 163 cm³/mol. The monoisotopic (exact) mass is 602 g/mol. The first-order chi connectivity index (χ1) is 20.5. The number of nitrogens with one attached hydrogen (secondary N) is 1. The van der Waals surface area contributed by atoms with Crippen molar-refractivity contribution in [2.45, 2.75) is 24.7 Å². The minimum Gasteiger partial charge on any atom is -0.458 e. The number of ether oxygens (including phenoxy) is 2. The number of allylic oxidation sites excluding steroid dienone is 2. The molecule has 0 aliphatic carbocycles. The Morgan fingerprint density at radius 3 is 1.95 bits per heavy atom. The Morgan fingerprint density at radius 2 is 1.47 bits per heavy atom. The van der Waals surface area contributed by atoms with Gasteiger partial charge in [-0.2, -0.15) is 5.10 Å². The zero-order chi connectivity index (χ0) is 31.3. The fourth-order valence-corrected chi connectivity index (χ4v) is 5.70. The van der Waals surface area contributed by atoms with E-state index in [0.717, 1.165) is 9.99 Å². The van der Waals surface area contributed by atoms with Gasteiger partial charge in [0.15, 0.2) is 0 Å². The largest absolute Gasteiger partial charge is 0.458 e. The predicted octanol–water partition coefficient (Wildman–Crippen LogP) is 4.48. The Kier molecular flexibility index (Phi) is 9.47. The molecule has 1 aliphatic rings. The molecule has 0 radical (unpaired) electrons. The molecule has 0 spiro atoms. The van der Waals surface area contributed by atoms with E-state index in [0.29, 0.717) is 28.2 Å². The molecule has 1 N–H and O–H groups in total. The van der Waals surface area contributed by atoms with Crippen LogP contribution in [0, 0.1) is 0 Å². The number of aromatic nitrogens is 2. The van der Waals surface area contributed by atoms with E-state index in [1.165, 1.54) is 38.4 Å². The molecule has 224 valence electrons. The highest BCUT2D eigenvalue weighted by atomic mass is 32.2. The number of rotatable bonds is 11. The van der Waals surface area contributed by atoms with Crippen LogP contribution in [0.2, 0.25) is 0 Å². The van der Waals surface area contributed by atoms with E-state index in [1.807, 2.05) is 30.3 Å². The van der Waals surface area contributed by atoms with Gasteiger partial charge in [-0.15, -0.1) is 0 Å². The molecule has 1 aliphatic heterocycles. The Bertz CT molecular complexity index is 1670. The van der Waals surface area contributed by atoms with Crippen molar-refractivity contribution >= 4 is 22.0 Å². The Hall–Kier alpha value is -4.74. The third kappa shape index (κ3) is 6.37. The van der Waals surface area contributed by atoms with Crippen molar-refractivity contribution in [3.05, 3.63) is 114 Å². The van der Waals surface area contributed by atoms with Crippen molar-refractivity contribution in [3.8, 4) is 16.9 Å². The van der Waals surface area contributed by atoms with Crippen LogP contribution in [-0.4, -0.2) is 61.8 Å². The van der Waals surface area contributed by atoms with Crippen LogP contribution in [-0.2, 0) is 29.1 Å². The minimum atomic E-state index is -3.67. The molecule has 43 heavy (non-hydrogen) atoms. The lowest BCUT2D eigenvalue weighted by atomic mass is 9.79. The van der Waals surface area contributed by atoms with Gasteiger partial charge < -0.3 is 14.8 Å². The molecule has 0 saturated carbocycles. The number of hydrogen-bond acceptors (Lipinski definition) is 8. The average molecular weight is 603 g/mol. The molecule has 0 atom stereocenters. The molecule has 0 amide bonds. The number of dihydropyridines is 1. The van der Waals surface area contributed by atoms with Crippen molar-refractivity contribution in [2.24, 2.45) is 0 Å². The summed E-state index contributed by atoms with van der Waals surface area (Å²) in [6.45, 7) is 10.7. The normalized spacial score (nSPS) is 14.0. The Morgan fingerprint density at radius 1 is 0.930 bits per heavy atom. The fourth-order valence-electron chi connectivity index (χ4n) is 4.80. The van der Waals surface area contributed by atoms with Crippen LogP contribution in [0.4, 0.5) is 0 Å². The summed E-state index contributed by atoms with van der Waals surface area (Å²) < 4.78 is 39.2. The van der Waals surface area contributed by atoms with Crippen LogP contribution in [0.3, 0.4) is 0 Å². The highest BCUT2D eigenvalue weighted by molar-refractivity contribution is 7.89. The molecule has 10 nitrogen and oxygen atoms in total. The summed E-state index contributed by atoms with van der Waals surface area (Å²) >= 11 is 0. The van der Waals surface area contributed by atoms with Gasteiger partial charge in [0.1, 0.15) is 13.2 Å². The maximum atomic E-state index is 13.5. The van der Waals surface area contributed by atoms with Gasteiger partial charge in [-0.05, 0) is 38.1 Å². The molecule has 0 unspecified atom stereocenters. The molecule has 2 heterocycles. The lowest BCUT2D eigenvalue weighted by molar-refractivity contribution is -0.138. The Labute approximate surface area is 251 Å². The van der Waals surface area contributed by atoms with E-state index in [2.05, 4.69) is 18.5 Å². The second-order valence-corrected chi connectivity index (χ2v) is 12.1. The number of para-hydroxylation sites is 1. The fraction of sp³-hybridized carbons (Fsp3) is 0.219. The summed E-state index contributed by atoms with van der Waals surface area (Å²) in [7, 11) is -0.747. The lowest BCUT2D eigenvalue weighted by Gasteiger charge is -2.30. The second-order valence-electron chi connectivity index (χ2n) is 9.93. The van der Waals surface area contributed by atoms with Gasteiger partial charge in [0.05, 0.1) is 33.3 Å². The number of esters is 2. The summed E-state index contributed by atoms with van der Waals surface area (Å²) in [6, 6.07) is 15.7. The number of benzene rings is 2. The minimum absolute atomic E-state index is 0.0286. The van der Waals surface area contributed by atoms with E-state index in [-0.39, 0.29) is 29.3 Å². The maximum absolute atomic E-state index is 13.5. The van der Waals surface area contributed by atoms with Crippen molar-refractivity contribution in [1.82, 2.24) is 19.4 Å². The van der Waals surface area contributed by atoms with E-state index in [9.17, 15) is 18.0 Å². The summed E-state index contributed by atoms with van der Waals surface area (Å²) in [4.78, 5) is 27.2. The van der Waals surface area contributed by atoms with Gasteiger partial charge >= 0.3 is 11.9 Å². The van der Waals surface area contributed by atoms with Gasteiger partial charge in [0.25, 0.3) is 0 Å². The quantitative estimate of drug-likeness (QED) is 0.252. The van der Waals surface area contributed by atoms with Crippen molar-refractivity contribution in [2.75, 3.05) is 27.3 Å². The van der Waals surface area contributed by atoms with Gasteiger partial charge in [0, 0.05) is 42.8 Å². The van der Waals surface area contributed by atoms with E-state index >= 15 is 0 Å². The molecule has 11 heteroatoms. The number of carbonyl (C=O) groups excluding carboxylic acids is 2. The molecule has 0 saturated heterocycles. The number of carbonyl (C=O) groups is 2. The number of hydrogen-bond donors (Lipinski definition) is 1. The summed E-state index contributed by atoms with van der Waals surface area (Å²) in [5, 5.41) is 8.00. The molecule has 3 aromatic rings. The number of nitrogens with zero attached hydrogens (tertiary/aromatic N) is 3. The van der Waals surface area contributed by atoms with Crippen LogP contribution in [0.1, 0.15) is 25.3 Å². The van der Waals surface area contributed by atoms with Crippen LogP contribution >= 0.6 is 0 Å². The highest BCUT2D eigenvalue weighted by Crippen LogP contribution is 2.43. The van der Waals surface area contributed by atoms with Gasteiger partial charge in [0.2, 0.25) is 10.0 Å². The van der Waals surface area contributed by atoms with Crippen molar-refractivity contribution in [1.29, 1.82) is 0 Å². The van der Waals surface area contributed by atoms with Crippen LogP contribution in [0.25, 0.3) is 16.9 Å². The molecular formula is C32H34N4O6S. The molecule has 2 aromatic carbocycles. The van der Waals surface area contributed by atoms with E-state index in [4.69, 9.17) is 14.6 Å². The summed E-state index contributed by atoms with van der Waals surface area (Å²) in [5.41, 5.74) is 3.69. The standard InChI is InChI=1S/C32H34N4O6S/c1-7-18-41-31(37)27-21(3)33-22(4)28(32(38)42-19-8-2)29(27)26-20-36(24-12-10-9-11-13-24)34-30(26)23-14-16-25(17-15-23)43(39,40)35(5)6/h7-17,20,29,33H,1-2,18-19H2,3-6H3. The first-order valence-electron chi connectivity index (χ1n) is 13.4. The van der Waals surface area contributed by atoms with Gasteiger partial charge in [-0.3, -0.25) is 0 Å². The van der Waals surface area contributed by atoms with Crippen LogP contribution < -0.4 is 5.32 Å². The SMILES string of the molecule is C=CCOC(=O)C1=C(C)NC(C)=C(C(=O)OCC=C)C1c1cn(-c2ccccc2)nc1-c1ccc(S(=O)(=O)N(C)C)cc1. The third-order valence-corrected chi connectivity index (χ3v) is 8.67. The molecular weight excluding hydrogens is 568 g/mol. The lowest BCUT2D eigenvalue weighted by Crippen LogP contribution is -2.32. The van der Waals surface area contributed by atoms with E-state index in [1.54, 1.807) is 36.9 Å². The smallest absolute Gasteiger partial charge is 0.337 e. The second kappa shape index (κ2) is 13.1. The van der Waals surface area contributed by atoms with Gasteiger partial charge in [-0.1, -0.05) is 55.6 Å².